The molecule has 0 saturated carbocycles. The molecule has 6 nitrogen and oxygen atoms in total. The van der Waals surface area contributed by atoms with Crippen molar-refractivity contribution in [2.45, 2.75) is 25.6 Å². The van der Waals surface area contributed by atoms with Crippen LogP contribution in [0.4, 0.5) is 4.39 Å². The Morgan fingerprint density at radius 1 is 1.13 bits per heavy atom. The Morgan fingerprint density at radius 3 is 2.60 bits per heavy atom. The van der Waals surface area contributed by atoms with Gasteiger partial charge in [-0.2, -0.15) is 5.10 Å². The van der Waals surface area contributed by atoms with E-state index in [1.807, 2.05) is 28.4 Å². The monoisotopic (exact) mass is 428 g/mol. The number of halogens is 1. The van der Waals surface area contributed by atoms with Crippen molar-refractivity contribution in [2.75, 3.05) is 20.8 Å². The standard InChI is InChI=1S/C22H25FN4O2S/c1-25-21(15-6-8-16(23)9-7-15)24-27(22(25)30)14-26-12-4-5-19(26)18-11-10-17(28-2)13-20(18)29-3/h6-11,13,19H,4-5,12,14H2,1-3H3/t19-/m0/s1. The summed E-state index contributed by atoms with van der Waals surface area (Å²) in [6.45, 7) is 1.53. The summed E-state index contributed by atoms with van der Waals surface area (Å²) >= 11 is 5.63. The van der Waals surface area contributed by atoms with Crippen molar-refractivity contribution in [3.63, 3.8) is 0 Å². The lowest BCUT2D eigenvalue weighted by Crippen LogP contribution is -2.27. The normalized spacial score (nSPS) is 16.7. The molecule has 30 heavy (non-hydrogen) atoms. The second-order valence-corrected chi connectivity index (χ2v) is 7.76. The summed E-state index contributed by atoms with van der Waals surface area (Å²) in [5, 5.41) is 4.73. The highest BCUT2D eigenvalue weighted by atomic mass is 32.1. The van der Waals surface area contributed by atoms with Gasteiger partial charge in [-0.05, 0) is 55.4 Å². The van der Waals surface area contributed by atoms with E-state index in [9.17, 15) is 4.39 Å². The third-order valence-electron chi connectivity index (χ3n) is 5.62. The SMILES string of the molecule is COc1ccc([C@@H]2CCCN2Cn2nc(-c3ccc(F)cc3)n(C)c2=S)c(OC)c1. The fraction of sp³-hybridized carbons (Fsp3) is 0.364. The van der Waals surface area contributed by atoms with Crippen molar-refractivity contribution in [1.82, 2.24) is 19.2 Å². The number of rotatable bonds is 6. The molecule has 0 radical (unpaired) electrons. The van der Waals surface area contributed by atoms with Gasteiger partial charge < -0.3 is 14.0 Å². The van der Waals surface area contributed by atoms with E-state index in [1.54, 1.807) is 26.4 Å². The highest BCUT2D eigenvalue weighted by Gasteiger charge is 2.29. The van der Waals surface area contributed by atoms with Crippen LogP contribution in [-0.4, -0.2) is 40.0 Å². The first-order valence-corrected chi connectivity index (χ1v) is 10.3. The van der Waals surface area contributed by atoms with Gasteiger partial charge in [-0.3, -0.25) is 4.90 Å². The number of methoxy groups -OCH3 is 2. The van der Waals surface area contributed by atoms with Crippen LogP contribution in [0.3, 0.4) is 0 Å². The van der Waals surface area contributed by atoms with Crippen LogP contribution in [0.1, 0.15) is 24.4 Å². The minimum atomic E-state index is -0.271. The van der Waals surface area contributed by atoms with E-state index in [-0.39, 0.29) is 11.9 Å². The van der Waals surface area contributed by atoms with Crippen molar-refractivity contribution in [2.24, 2.45) is 7.05 Å². The van der Waals surface area contributed by atoms with Crippen molar-refractivity contribution in [3.8, 4) is 22.9 Å². The first kappa shape index (κ1) is 20.6. The minimum absolute atomic E-state index is 0.212. The first-order valence-electron chi connectivity index (χ1n) is 9.87. The number of nitrogens with zero attached hydrogens (tertiary/aromatic N) is 4. The van der Waals surface area contributed by atoms with Crippen LogP contribution in [0.5, 0.6) is 11.5 Å². The van der Waals surface area contributed by atoms with Crippen LogP contribution in [0.25, 0.3) is 11.4 Å². The molecular weight excluding hydrogens is 403 g/mol. The molecule has 0 amide bonds. The summed E-state index contributed by atoms with van der Waals surface area (Å²) in [6, 6.07) is 12.5. The maximum Gasteiger partial charge on any atom is 0.199 e. The van der Waals surface area contributed by atoms with Crippen molar-refractivity contribution in [3.05, 3.63) is 58.6 Å². The Labute approximate surface area is 180 Å². The number of ether oxygens (including phenoxy) is 2. The van der Waals surface area contributed by atoms with Gasteiger partial charge in [0.2, 0.25) is 0 Å². The second-order valence-electron chi connectivity index (χ2n) is 7.39. The molecule has 3 aromatic rings. The molecule has 2 heterocycles. The van der Waals surface area contributed by atoms with Gasteiger partial charge in [0.1, 0.15) is 17.3 Å². The summed E-state index contributed by atoms with van der Waals surface area (Å²) in [5.41, 5.74) is 1.97. The molecule has 158 valence electrons. The zero-order valence-corrected chi connectivity index (χ0v) is 18.2. The third-order valence-corrected chi connectivity index (χ3v) is 6.11. The maximum absolute atomic E-state index is 13.3. The van der Waals surface area contributed by atoms with Gasteiger partial charge in [0.15, 0.2) is 10.6 Å². The van der Waals surface area contributed by atoms with Gasteiger partial charge in [-0.15, -0.1) is 0 Å². The van der Waals surface area contributed by atoms with E-state index >= 15 is 0 Å². The number of hydrogen-bond donors (Lipinski definition) is 0. The quantitative estimate of drug-likeness (QED) is 0.538. The molecule has 4 rings (SSSR count). The Morgan fingerprint density at radius 2 is 1.90 bits per heavy atom. The summed E-state index contributed by atoms with van der Waals surface area (Å²) in [4.78, 5) is 2.36. The minimum Gasteiger partial charge on any atom is -0.497 e. The predicted octanol–water partition coefficient (Wildman–Crippen LogP) is 4.57. The lowest BCUT2D eigenvalue weighted by atomic mass is 10.0. The van der Waals surface area contributed by atoms with Crippen molar-refractivity contribution < 1.29 is 13.9 Å². The molecule has 0 N–H and O–H groups in total. The van der Waals surface area contributed by atoms with Crippen LogP contribution >= 0.6 is 12.2 Å². The van der Waals surface area contributed by atoms with E-state index in [4.69, 9.17) is 26.8 Å². The highest BCUT2D eigenvalue weighted by Crippen LogP contribution is 2.39. The topological polar surface area (TPSA) is 44.5 Å². The number of likely N-dealkylation sites (tertiary alicyclic amines) is 1. The molecule has 1 aliphatic heterocycles. The Bertz CT molecular complexity index is 1090. The van der Waals surface area contributed by atoms with Crippen molar-refractivity contribution in [1.29, 1.82) is 0 Å². The largest absolute Gasteiger partial charge is 0.497 e. The summed E-state index contributed by atoms with van der Waals surface area (Å²) < 4.78 is 28.6. The average molecular weight is 429 g/mol. The molecule has 0 spiro atoms. The molecule has 0 unspecified atom stereocenters. The molecule has 8 heteroatoms. The van der Waals surface area contributed by atoms with Gasteiger partial charge in [-0.1, -0.05) is 6.07 Å². The zero-order chi connectivity index (χ0) is 21.3. The van der Waals surface area contributed by atoms with Gasteiger partial charge in [0.05, 0.1) is 20.9 Å². The molecule has 1 aliphatic rings. The summed E-state index contributed by atoms with van der Waals surface area (Å²) in [5.74, 6) is 2.05. The van der Waals surface area contributed by atoms with Crippen molar-refractivity contribution >= 4 is 12.2 Å². The Kier molecular flexibility index (Phi) is 5.87. The Balaban J connectivity index is 1.62. The third kappa shape index (κ3) is 3.85. The number of benzene rings is 2. The van der Waals surface area contributed by atoms with Gasteiger partial charge >= 0.3 is 0 Å². The fourth-order valence-electron chi connectivity index (χ4n) is 4.04. The lowest BCUT2D eigenvalue weighted by molar-refractivity contribution is 0.187. The van der Waals surface area contributed by atoms with E-state index in [0.717, 1.165) is 47.8 Å². The number of aromatic nitrogens is 3. The smallest absolute Gasteiger partial charge is 0.199 e. The molecule has 0 bridgehead atoms. The van der Waals surface area contributed by atoms with Crippen LogP contribution < -0.4 is 9.47 Å². The molecule has 1 saturated heterocycles. The average Bonchev–Trinajstić information content (AvgIpc) is 3.34. The van der Waals surface area contributed by atoms with Gasteiger partial charge in [-0.25, -0.2) is 9.07 Å². The fourth-order valence-corrected chi connectivity index (χ4v) is 4.23. The number of hydrogen-bond acceptors (Lipinski definition) is 5. The molecule has 1 atom stereocenters. The molecule has 0 aliphatic carbocycles. The summed E-state index contributed by atoms with van der Waals surface area (Å²) in [6.07, 6.45) is 2.12. The van der Waals surface area contributed by atoms with E-state index in [1.165, 1.54) is 12.1 Å². The first-order chi connectivity index (χ1) is 14.5. The van der Waals surface area contributed by atoms with E-state index < -0.39 is 0 Å². The van der Waals surface area contributed by atoms with Crippen LogP contribution in [0.2, 0.25) is 0 Å². The van der Waals surface area contributed by atoms with Gasteiger partial charge in [0, 0.05) is 36.8 Å². The molecule has 1 aromatic heterocycles. The second kappa shape index (κ2) is 8.57. The van der Waals surface area contributed by atoms with Crippen LogP contribution in [0.15, 0.2) is 42.5 Å². The molecule has 2 aromatic carbocycles. The predicted molar refractivity (Wildman–Crippen MR) is 116 cm³/mol. The maximum atomic E-state index is 13.3. The molecule has 1 fully saturated rings. The van der Waals surface area contributed by atoms with Crippen LogP contribution in [-0.2, 0) is 13.7 Å². The molecular formula is C22H25FN4O2S. The van der Waals surface area contributed by atoms with Gasteiger partial charge in [0.25, 0.3) is 0 Å². The van der Waals surface area contributed by atoms with E-state index in [2.05, 4.69) is 11.0 Å². The van der Waals surface area contributed by atoms with E-state index in [0.29, 0.717) is 11.4 Å². The summed E-state index contributed by atoms with van der Waals surface area (Å²) in [7, 11) is 5.22. The Hall–Kier alpha value is -2.71. The van der Waals surface area contributed by atoms with Crippen LogP contribution in [0, 0.1) is 10.6 Å². The highest BCUT2D eigenvalue weighted by molar-refractivity contribution is 7.71. The zero-order valence-electron chi connectivity index (χ0n) is 17.3. The lowest BCUT2D eigenvalue weighted by Gasteiger charge is -2.26.